The molecule has 0 spiro atoms. The number of carbonyl (C=O) groups is 1. The Morgan fingerprint density at radius 3 is 2.58 bits per heavy atom. The summed E-state index contributed by atoms with van der Waals surface area (Å²) in [5.74, 6) is -1.08. The summed E-state index contributed by atoms with van der Waals surface area (Å²) in [5, 5.41) is 9.01. The van der Waals surface area contributed by atoms with Gasteiger partial charge in [0.1, 0.15) is 4.90 Å². The van der Waals surface area contributed by atoms with Crippen molar-refractivity contribution >= 4 is 39.2 Å². The molecule has 0 amide bonds. The first-order valence-corrected chi connectivity index (χ1v) is 7.67. The normalized spacial score (nSPS) is 17.2. The highest BCUT2D eigenvalue weighted by Crippen LogP contribution is 2.32. The van der Waals surface area contributed by atoms with Crippen LogP contribution in [0.3, 0.4) is 0 Å². The van der Waals surface area contributed by atoms with Gasteiger partial charge in [-0.15, -0.1) is 0 Å². The zero-order chi connectivity index (χ0) is 14.2. The van der Waals surface area contributed by atoms with Gasteiger partial charge in [-0.25, -0.2) is 8.42 Å². The van der Waals surface area contributed by atoms with Crippen molar-refractivity contribution in [1.29, 1.82) is 0 Å². The molecule has 1 saturated heterocycles. The van der Waals surface area contributed by atoms with Crippen molar-refractivity contribution in [3.05, 3.63) is 28.2 Å². The number of benzene rings is 1. The van der Waals surface area contributed by atoms with Crippen molar-refractivity contribution in [1.82, 2.24) is 4.31 Å². The van der Waals surface area contributed by atoms with Gasteiger partial charge in [-0.3, -0.25) is 4.79 Å². The summed E-state index contributed by atoms with van der Waals surface area (Å²) in [4.78, 5) is 10.5. The summed E-state index contributed by atoms with van der Waals surface area (Å²) in [5.41, 5.74) is 0. The van der Waals surface area contributed by atoms with Crippen molar-refractivity contribution in [3.63, 3.8) is 0 Å². The number of hydrogen-bond donors (Lipinski definition) is 1. The van der Waals surface area contributed by atoms with Gasteiger partial charge in [-0.1, -0.05) is 23.2 Å². The lowest BCUT2D eigenvalue weighted by atomic mass is 10.00. The molecular formula is C11H11Cl2NO4S. The van der Waals surface area contributed by atoms with E-state index in [4.69, 9.17) is 28.3 Å². The highest BCUT2D eigenvalue weighted by atomic mass is 35.5. The largest absolute Gasteiger partial charge is 0.481 e. The lowest BCUT2D eigenvalue weighted by Crippen LogP contribution is -2.50. The Kier molecular flexibility index (Phi) is 4.06. The van der Waals surface area contributed by atoms with Gasteiger partial charge in [-0.2, -0.15) is 4.31 Å². The van der Waals surface area contributed by atoms with Crippen LogP contribution in [0.2, 0.25) is 10.0 Å². The van der Waals surface area contributed by atoms with Gasteiger partial charge in [0.05, 0.1) is 11.4 Å². The minimum absolute atomic E-state index is 0.0324. The summed E-state index contributed by atoms with van der Waals surface area (Å²) in [7, 11) is -3.70. The third-order valence-corrected chi connectivity index (χ3v) is 5.45. The minimum atomic E-state index is -3.70. The monoisotopic (exact) mass is 323 g/mol. The van der Waals surface area contributed by atoms with Crippen LogP contribution in [0.4, 0.5) is 0 Å². The molecule has 1 N–H and O–H groups in total. The molecule has 0 unspecified atom stereocenters. The predicted molar refractivity (Wildman–Crippen MR) is 71.0 cm³/mol. The smallest absolute Gasteiger partial charge is 0.303 e. The second-order valence-electron chi connectivity index (χ2n) is 4.36. The van der Waals surface area contributed by atoms with Gasteiger partial charge in [0, 0.05) is 18.1 Å². The van der Waals surface area contributed by atoms with E-state index in [9.17, 15) is 13.2 Å². The van der Waals surface area contributed by atoms with Crippen LogP contribution in [-0.2, 0) is 14.8 Å². The van der Waals surface area contributed by atoms with Crippen LogP contribution < -0.4 is 0 Å². The lowest BCUT2D eigenvalue weighted by molar-refractivity contribution is -0.139. The Labute approximate surface area is 120 Å². The number of hydrogen-bond acceptors (Lipinski definition) is 3. The van der Waals surface area contributed by atoms with Crippen LogP contribution in [0, 0.1) is 5.92 Å². The zero-order valence-electron chi connectivity index (χ0n) is 9.71. The van der Waals surface area contributed by atoms with E-state index in [-0.39, 0.29) is 40.4 Å². The Morgan fingerprint density at radius 1 is 1.37 bits per heavy atom. The van der Waals surface area contributed by atoms with Gasteiger partial charge in [0.15, 0.2) is 0 Å². The molecule has 19 heavy (non-hydrogen) atoms. The molecule has 1 aliphatic rings. The van der Waals surface area contributed by atoms with Gasteiger partial charge < -0.3 is 5.11 Å². The quantitative estimate of drug-likeness (QED) is 0.920. The molecule has 0 aromatic heterocycles. The number of rotatable bonds is 4. The number of sulfonamides is 1. The molecular weight excluding hydrogens is 313 g/mol. The molecule has 1 aromatic rings. The molecule has 8 heteroatoms. The minimum Gasteiger partial charge on any atom is -0.481 e. The van der Waals surface area contributed by atoms with Crippen LogP contribution in [0.1, 0.15) is 6.42 Å². The average Bonchev–Trinajstić information content (AvgIpc) is 2.25. The van der Waals surface area contributed by atoms with Crippen molar-refractivity contribution in [2.45, 2.75) is 11.3 Å². The maximum absolute atomic E-state index is 12.3. The maximum atomic E-state index is 12.3. The van der Waals surface area contributed by atoms with Gasteiger partial charge in [0.25, 0.3) is 0 Å². The first-order chi connectivity index (χ1) is 8.80. The number of nitrogens with zero attached hydrogens (tertiary/aromatic N) is 1. The number of carboxylic acids is 1. The second-order valence-corrected chi connectivity index (χ2v) is 7.11. The number of carboxylic acid groups (broad SMARTS) is 1. The second kappa shape index (κ2) is 5.28. The Bertz CT molecular complexity index is 611. The van der Waals surface area contributed by atoms with E-state index in [0.29, 0.717) is 0 Å². The predicted octanol–water partition coefficient (Wildman–Crippen LogP) is 2.09. The van der Waals surface area contributed by atoms with Gasteiger partial charge in [-0.05, 0) is 24.1 Å². The summed E-state index contributed by atoms with van der Waals surface area (Å²) < 4.78 is 25.7. The highest BCUT2D eigenvalue weighted by Gasteiger charge is 2.38. The van der Waals surface area contributed by atoms with Crippen molar-refractivity contribution in [3.8, 4) is 0 Å². The SMILES string of the molecule is O=C(O)CC1CN(S(=O)(=O)c2cc(Cl)ccc2Cl)C1. The summed E-state index contributed by atoms with van der Waals surface area (Å²) in [6, 6.07) is 4.22. The van der Waals surface area contributed by atoms with Crippen LogP contribution in [0.15, 0.2) is 23.1 Å². The Hall–Kier alpha value is -0.820. The molecule has 0 radical (unpaired) electrons. The molecule has 0 bridgehead atoms. The molecule has 1 aliphatic heterocycles. The average molecular weight is 324 g/mol. The van der Waals surface area contributed by atoms with Crippen molar-refractivity contribution < 1.29 is 18.3 Å². The van der Waals surface area contributed by atoms with E-state index in [1.165, 1.54) is 22.5 Å². The first-order valence-electron chi connectivity index (χ1n) is 5.47. The summed E-state index contributed by atoms with van der Waals surface area (Å²) >= 11 is 11.6. The van der Waals surface area contributed by atoms with E-state index >= 15 is 0 Å². The zero-order valence-corrected chi connectivity index (χ0v) is 12.0. The van der Waals surface area contributed by atoms with Gasteiger partial charge in [0.2, 0.25) is 10.0 Å². The molecule has 0 aliphatic carbocycles. The molecule has 104 valence electrons. The molecule has 5 nitrogen and oxygen atoms in total. The van der Waals surface area contributed by atoms with E-state index in [0.717, 1.165) is 0 Å². The maximum Gasteiger partial charge on any atom is 0.303 e. The van der Waals surface area contributed by atoms with Crippen molar-refractivity contribution in [2.24, 2.45) is 5.92 Å². The molecule has 1 heterocycles. The molecule has 1 fully saturated rings. The van der Waals surface area contributed by atoms with Crippen LogP contribution in [0.5, 0.6) is 0 Å². The van der Waals surface area contributed by atoms with E-state index in [1.54, 1.807) is 0 Å². The number of aliphatic carboxylic acids is 1. The third kappa shape index (κ3) is 3.02. The van der Waals surface area contributed by atoms with Crippen LogP contribution >= 0.6 is 23.2 Å². The fraction of sp³-hybridized carbons (Fsp3) is 0.364. The fourth-order valence-corrected chi connectivity index (χ4v) is 4.24. The molecule has 0 atom stereocenters. The summed E-state index contributed by atoms with van der Waals surface area (Å²) in [6.07, 6.45) is -0.0324. The van der Waals surface area contributed by atoms with Gasteiger partial charge >= 0.3 is 5.97 Å². The van der Waals surface area contributed by atoms with E-state index in [1.807, 2.05) is 0 Å². The fourth-order valence-electron chi connectivity index (χ4n) is 1.91. The van der Waals surface area contributed by atoms with E-state index < -0.39 is 16.0 Å². The van der Waals surface area contributed by atoms with E-state index in [2.05, 4.69) is 0 Å². The van der Waals surface area contributed by atoms with Crippen LogP contribution in [0.25, 0.3) is 0 Å². The Morgan fingerprint density at radius 2 is 2.00 bits per heavy atom. The highest BCUT2D eigenvalue weighted by molar-refractivity contribution is 7.89. The Balaban J connectivity index is 2.17. The lowest BCUT2D eigenvalue weighted by Gasteiger charge is -2.37. The molecule has 0 saturated carbocycles. The molecule has 1 aromatic carbocycles. The van der Waals surface area contributed by atoms with Crippen LogP contribution in [-0.4, -0.2) is 36.9 Å². The molecule has 2 rings (SSSR count). The third-order valence-electron chi connectivity index (χ3n) is 2.90. The standard InChI is InChI=1S/C11H11Cl2NO4S/c12-8-1-2-9(13)10(4-8)19(17,18)14-5-7(6-14)3-11(15)16/h1-2,4,7H,3,5-6H2,(H,15,16). The first kappa shape index (κ1) is 14.6. The van der Waals surface area contributed by atoms with Crippen molar-refractivity contribution in [2.75, 3.05) is 13.1 Å². The number of halogens is 2. The topological polar surface area (TPSA) is 74.7 Å². The summed E-state index contributed by atoms with van der Waals surface area (Å²) in [6.45, 7) is 0.384.